The fourth-order valence-electron chi connectivity index (χ4n) is 1.81. The summed E-state index contributed by atoms with van der Waals surface area (Å²) in [6.07, 6.45) is -9.81. The predicted octanol–water partition coefficient (Wildman–Crippen LogP) is 1.54. The van der Waals surface area contributed by atoms with Crippen molar-refractivity contribution in [3.63, 3.8) is 0 Å². The molecule has 2 N–H and O–H groups in total. The molecule has 1 aromatic rings. The largest absolute Gasteiger partial charge is 0.416 e. The summed E-state index contributed by atoms with van der Waals surface area (Å²) in [5.74, 6) is 0. The van der Waals surface area contributed by atoms with Crippen LogP contribution in [0, 0.1) is 0 Å². The third kappa shape index (κ3) is 5.95. The van der Waals surface area contributed by atoms with E-state index in [0.717, 1.165) is 4.90 Å². The molecule has 0 bridgehead atoms. The van der Waals surface area contributed by atoms with Crippen LogP contribution in [0.4, 0.5) is 26.3 Å². The van der Waals surface area contributed by atoms with Gasteiger partial charge in [0.05, 0.1) is 36.7 Å². The molecule has 0 atom stereocenters. The van der Waals surface area contributed by atoms with Crippen LogP contribution in [0.1, 0.15) is 17.5 Å². The van der Waals surface area contributed by atoms with Gasteiger partial charge in [0.1, 0.15) is 0 Å². The Hall–Kier alpha value is -1.33. The molecule has 0 saturated heterocycles. The van der Waals surface area contributed by atoms with E-state index in [1.807, 2.05) is 18.8 Å². The molecule has 11 heteroatoms. The molecular formula is C13H17F6N2O2S+. The van der Waals surface area contributed by atoms with Crippen molar-refractivity contribution >= 4 is 10.0 Å². The van der Waals surface area contributed by atoms with Gasteiger partial charge in [-0.1, -0.05) is 0 Å². The van der Waals surface area contributed by atoms with Gasteiger partial charge >= 0.3 is 12.4 Å². The van der Waals surface area contributed by atoms with Gasteiger partial charge < -0.3 is 4.90 Å². The Morgan fingerprint density at radius 1 is 0.958 bits per heavy atom. The molecule has 1 aromatic carbocycles. The molecule has 0 saturated carbocycles. The minimum atomic E-state index is -5.10. The van der Waals surface area contributed by atoms with Crippen LogP contribution >= 0.6 is 0 Å². The molecule has 0 amide bonds. The summed E-state index contributed by atoms with van der Waals surface area (Å²) in [6, 6.07) is 0.262. The zero-order chi connectivity index (χ0) is 18.8. The topological polar surface area (TPSA) is 50.6 Å². The normalized spacial score (nSPS) is 13.5. The van der Waals surface area contributed by atoms with Gasteiger partial charge in [-0.15, -0.1) is 0 Å². The summed E-state index contributed by atoms with van der Waals surface area (Å²) in [4.78, 5) is -0.0468. The first-order valence-corrected chi connectivity index (χ1v) is 8.30. The van der Waals surface area contributed by atoms with Crippen LogP contribution in [0.25, 0.3) is 0 Å². The zero-order valence-corrected chi connectivity index (χ0v) is 13.7. The van der Waals surface area contributed by atoms with E-state index in [2.05, 4.69) is 0 Å². The number of benzene rings is 1. The fourth-order valence-corrected chi connectivity index (χ4v) is 2.96. The minimum absolute atomic E-state index is 0.0922. The summed E-state index contributed by atoms with van der Waals surface area (Å²) in [7, 11) is -0.850. The molecule has 0 spiro atoms. The van der Waals surface area contributed by atoms with E-state index < -0.39 is 38.4 Å². The second-order valence-electron chi connectivity index (χ2n) is 5.45. The van der Waals surface area contributed by atoms with Crippen LogP contribution in [-0.2, 0) is 22.4 Å². The zero-order valence-electron chi connectivity index (χ0n) is 12.8. The highest BCUT2D eigenvalue weighted by molar-refractivity contribution is 7.89. The van der Waals surface area contributed by atoms with Gasteiger partial charge in [-0.05, 0) is 18.2 Å². The second kappa shape index (κ2) is 7.28. The molecule has 0 aliphatic carbocycles. The highest BCUT2D eigenvalue weighted by atomic mass is 32.2. The maximum atomic E-state index is 12.7. The first-order chi connectivity index (χ1) is 10.7. The molecule has 0 radical (unpaired) electrons. The predicted molar refractivity (Wildman–Crippen MR) is 73.9 cm³/mol. The Balaban J connectivity index is 3.17. The van der Waals surface area contributed by atoms with E-state index >= 15 is 0 Å². The summed E-state index contributed by atoms with van der Waals surface area (Å²) in [5.41, 5.74) is -3.34. The van der Waals surface area contributed by atoms with Crippen molar-refractivity contribution in [1.82, 2.24) is 4.72 Å². The number of hydrogen-bond acceptors (Lipinski definition) is 2. The smallest absolute Gasteiger partial charge is 0.340 e. The van der Waals surface area contributed by atoms with E-state index in [1.54, 1.807) is 0 Å². The van der Waals surface area contributed by atoms with Crippen LogP contribution in [0.2, 0.25) is 0 Å². The molecule has 0 heterocycles. The number of halogens is 6. The van der Waals surface area contributed by atoms with Gasteiger partial charge in [-0.3, -0.25) is 0 Å². The molecule has 138 valence electrons. The van der Waals surface area contributed by atoms with Crippen molar-refractivity contribution in [2.75, 3.05) is 27.2 Å². The molecule has 0 unspecified atom stereocenters. The van der Waals surface area contributed by atoms with Gasteiger partial charge in [0.15, 0.2) is 0 Å². The molecular weight excluding hydrogens is 362 g/mol. The lowest BCUT2D eigenvalue weighted by Gasteiger charge is -2.15. The molecule has 24 heavy (non-hydrogen) atoms. The quantitative estimate of drug-likeness (QED) is 0.582. The number of hydrogen-bond donors (Lipinski definition) is 2. The maximum Gasteiger partial charge on any atom is 0.416 e. The Bertz CT molecular complexity index is 636. The van der Waals surface area contributed by atoms with E-state index in [0.29, 0.717) is 13.0 Å². The van der Waals surface area contributed by atoms with E-state index in [1.165, 1.54) is 0 Å². The number of rotatable bonds is 6. The highest BCUT2D eigenvalue weighted by Crippen LogP contribution is 2.37. The maximum absolute atomic E-state index is 12.7. The van der Waals surface area contributed by atoms with Crippen LogP contribution in [0.15, 0.2) is 23.1 Å². The Labute approximate surface area is 135 Å². The monoisotopic (exact) mass is 379 g/mol. The third-order valence-corrected chi connectivity index (χ3v) is 4.46. The molecule has 1 rings (SSSR count). The number of sulfonamides is 1. The van der Waals surface area contributed by atoms with E-state index in [4.69, 9.17) is 0 Å². The second-order valence-corrected chi connectivity index (χ2v) is 7.22. The Kier molecular flexibility index (Phi) is 6.28. The SMILES string of the molecule is C[NH+](C)CCCNS(=O)(=O)c1cc(C(F)(F)F)cc(C(F)(F)F)c1. The molecule has 4 nitrogen and oxygen atoms in total. The number of nitrogens with one attached hydrogen (secondary N) is 2. The van der Waals surface area contributed by atoms with E-state index in [-0.39, 0.29) is 24.7 Å². The van der Waals surface area contributed by atoms with Gasteiger partial charge in [0, 0.05) is 13.0 Å². The average molecular weight is 379 g/mol. The van der Waals surface area contributed by atoms with Crippen LogP contribution in [-0.4, -0.2) is 35.6 Å². The van der Waals surface area contributed by atoms with Crippen LogP contribution < -0.4 is 9.62 Å². The summed E-state index contributed by atoms with van der Waals surface area (Å²) >= 11 is 0. The Morgan fingerprint density at radius 2 is 1.42 bits per heavy atom. The lowest BCUT2D eigenvalue weighted by molar-refractivity contribution is -0.858. The van der Waals surface area contributed by atoms with Crippen molar-refractivity contribution < 1.29 is 39.7 Å². The van der Waals surface area contributed by atoms with Crippen molar-refractivity contribution in [3.8, 4) is 0 Å². The standard InChI is InChI=1S/C13H16F6N2O2S/c1-21(2)5-3-4-20-24(22,23)11-7-9(12(14,15)16)6-10(8-11)13(17,18)19/h6-8,20H,3-5H2,1-2H3/p+1. The summed E-state index contributed by atoms with van der Waals surface area (Å²) < 4.78 is 102. The van der Waals surface area contributed by atoms with Crippen LogP contribution in [0.3, 0.4) is 0 Å². The van der Waals surface area contributed by atoms with Crippen molar-refractivity contribution in [2.24, 2.45) is 0 Å². The average Bonchev–Trinajstić information content (AvgIpc) is 2.41. The van der Waals surface area contributed by atoms with Crippen molar-refractivity contribution in [1.29, 1.82) is 0 Å². The highest BCUT2D eigenvalue weighted by Gasteiger charge is 2.38. The van der Waals surface area contributed by atoms with Gasteiger partial charge in [0.2, 0.25) is 10.0 Å². The van der Waals surface area contributed by atoms with Crippen LogP contribution in [0.5, 0.6) is 0 Å². The van der Waals surface area contributed by atoms with Crippen molar-refractivity contribution in [3.05, 3.63) is 29.3 Å². The summed E-state index contributed by atoms with van der Waals surface area (Å²) in [6.45, 7) is 0.490. The van der Waals surface area contributed by atoms with Crippen molar-refractivity contribution in [2.45, 2.75) is 23.7 Å². The molecule has 0 fully saturated rings. The lowest BCUT2D eigenvalue weighted by atomic mass is 10.1. The first-order valence-electron chi connectivity index (χ1n) is 6.81. The van der Waals surface area contributed by atoms with E-state index in [9.17, 15) is 34.8 Å². The number of alkyl halides is 6. The van der Waals surface area contributed by atoms with Gasteiger partial charge in [-0.25, -0.2) is 13.1 Å². The molecule has 0 aliphatic rings. The lowest BCUT2D eigenvalue weighted by Crippen LogP contribution is -3.05. The van der Waals surface area contributed by atoms with Gasteiger partial charge in [-0.2, -0.15) is 26.3 Å². The van der Waals surface area contributed by atoms with Gasteiger partial charge in [0.25, 0.3) is 0 Å². The number of quaternary nitrogens is 1. The minimum Gasteiger partial charge on any atom is -0.340 e. The first kappa shape index (κ1) is 20.7. The Morgan fingerprint density at radius 3 is 1.79 bits per heavy atom. The third-order valence-electron chi connectivity index (χ3n) is 3.02. The molecule has 0 aliphatic heterocycles. The molecule has 0 aromatic heterocycles. The summed E-state index contributed by atoms with van der Waals surface area (Å²) in [5, 5.41) is 0. The fraction of sp³-hybridized carbons (Fsp3) is 0.538.